The molecule has 1 aromatic carbocycles. The molecule has 2 atom stereocenters. The van der Waals surface area contributed by atoms with Gasteiger partial charge in [0.2, 0.25) is 0 Å². The molecular formula is C14H15NO6. The van der Waals surface area contributed by atoms with Gasteiger partial charge in [-0.05, 0) is 6.07 Å². The molecule has 0 radical (unpaired) electrons. The van der Waals surface area contributed by atoms with Crippen molar-refractivity contribution in [1.29, 1.82) is 0 Å². The first kappa shape index (κ1) is 15.0. The molecule has 0 spiro atoms. The van der Waals surface area contributed by atoms with Crippen LogP contribution in [0.2, 0.25) is 0 Å². The van der Waals surface area contributed by atoms with E-state index in [0.717, 1.165) is 14.2 Å². The van der Waals surface area contributed by atoms with Crippen LogP contribution in [0.5, 0.6) is 0 Å². The van der Waals surface area contributed by atoms with Gasteiger partial charge in [-0.2, -0.15) is 0 Å². The number of para-hydroxylation sites is 1. The van der Waals surface area contributed by atoms with Crippen LogP contribution in [0.15, 0.2) is 24.3 Å². The van der Waals surface area contributed by atoms with Gasteiger partial charge in [0.05, 0.1) is 20.6 Å². The Labute approximate surface area is 120 Å². The van der Waals surface area contributed by atoms with Crippen molar-refractivity contribution in [2.75, 3.05) is 19.5 Å². The number of ether oxygens (including phenoxy) is 2. The summed E-state index contributed by atoms with van der Waals surface area (Å²) in [6, 6.07) is 6.41. The number of anilines is 1. The van der Waals surface area contributed by atoms with Gasteiger partial charge in [-0.1, -0.05) is 18.2 Å². The third-order valence-corrected chi connectivity index (χ3v) is 3.52. The summed E-state index contributed by atoms with van der Waals surface area (Å²) in [5, 5.41) is 13.3. The SMILES string of the molecule is COC(=O)CC(C(=O)OC)C1(O)C(=O)Nc2ccccc21. The minimum Gasteiger partial charge on any atom is -0.469 e. The largest absolute Gasteiger partial charge is 0.469 e. The predicted octanol–water partition coefficient (Wildman–Crippen LogP) is 0.179. The van der Waals surface area contributed by atoms with Gasteiger partial charge < -0.3 is 19.9 Å². The number of esters is 2. The molecule has 0 saturated carbocycles. The lowest BCUT2D eigenvalue weighted by Gasteiger charge is -2.28. The van der Waals surface area contributed by atoms with Crippen LogP contribution in [0.4, 0.5) is 5.69 Å². The highest BCUT2D eigenvalue weighted by Gasteiger charge is 2.55. The number of hydrogen-bond acceptors (Lipinski definition) is 6. The van der Waals surface area contributed by atoms with Gasteiger partial charge in [-0.3, -0.25) is 14.4 Å². The number of amides is 1. The van der Waals surface area contributed by atoms with Crippen LogP contribution in [0.1, 0.15) is 12.0 Å². The fraction of sp³-hybridized carbons (Fsp3) is 0.357. The number of methoxy groups -OCH3 is 2. The summed E-state index contributed by atoms with van der Waals surface area (Å²) in [7, 11) is 2.28. The van der Waals surface area contributed by atoms with Crippen LogP contribution in [-0.4, -0.2) is 37.2 Å². The van der Waals surface area contributed by atoms with Crippen molar-refractivity contribution in [3.8, 4) is 0 Å². The van der Waals surface area contributed by atoms with E-state index in [1.165, 1.54) is 6.07 Å². The summed E-state index contributed by atoms with van der Waals surface area (Å²) >= 11 is 0. The lowest BCUT2D eigenvalue weighted by atomic mass is 9.80. The van der Waals surface area contributed by atoms with Crippen molar-refractivity contribution in [2.45, 2.75) is 12.0 Å². The second-order valence-corrected chi connectivity index (χ2v) is 4.62. The van der Waals surface area contributed by atoms with Crippen LogP contribution < -0.4 is 5.32 Å². The number of carbonyl (C=O) groups excluding carboxylic acids is 3. The molecule has 2 N–H and O–H groups in total. The topological polar surface area (TPSA) is 102 Å². The zero-order valence-electron chi connectivity index (χ0n) is 11.6. The van der Waals surface area contributed by atoms with Gasteiger partial charge in [0.1, 0.15) is 5.92 Å². The Morgan fingerprint density at radius 2 is 1.95 bits per heavy atom. The minimum atomic E-state index is -2.17. The molecule has 1 heterocycles. The molecule has 112 valence electrons. The maximum Gasteiger partial charge on any atom is 0.313 e. The van der Waals surface area contributed by atoms with Crippen LogP contribution in [-0.2, 0) is 29.5 Å². The third kappa shape index (κ3) is 2.36. The van der Waals surface area contributed by atoms with E-state index < -0.39 is 35.8 Å². The van der Waals surface area contributed by atoms with E-state index in [4.69, 9.17) is 0 Å². The quantitative estimate of drug-likeness (QED) is 0.768. The minimum absolute atomic E-state index is 0.231. The molecule has 0 aliphatic carbocycles. The van der Waals surface area contributed by atoms with E-state index in [-0.39, 0.29) is 5.56 Å². The predicted molar refractivity (Wildman–Crippen MR) is 71.1 cm³/mol. The Bertz CT molecular complexity index is 599. The van der Waals surface area contributed by atoms with Crippen LogP contribution in [0.25, 0.3) is 0 Å². The van der Waals surface area contributed by atoms with Crippen LogP contribution >= 0.6 is 0 Å². The first-order valence-corrected chi connectivity index (χ1v) is 6.23. The molecule has 21 heavy (non-hydrogen) atoms. The molecule has 0 aromatic heterocycles. The third-order valence-electron chi connectivity index (χ3n) is 3.52. The number of rotatable bonds is 4. The number of hydrogen-bond donors (Lipinski definition) is 2. The Morgan fingerprint density at radius 1 is 1.29 bits per heavy atom. The van der Waals surface area contributed by atoms with Crippen molar-refractivity contribution < 1.29 is 29.0 Å². The lowest BCUT2D eigenvalue weighted by molar-refractivity contribution is -0.167. The molecule has 2 rings (SSSR count). The zero-order valence-corrected chi connectivity index (χ0v) is 11.6. The Kier molecular flexibility index (Phi) is 3.95. The smallest absolute Gasteiger partial charge is 0.313 e. The van der Waals surface area contributed by atoms with E-state index >= 15 is 0 Å². The summed E-state index contributed by atoms with van der Waals surface area (Å²) in [5.74, 6) is -3.76. The van der Waals surface area contributed by atoms with Gasteiger partial charge in [0.15, 0.2) is 5.60 Å². The number of benzene rings is 1. The number of aliphatic hydroxyl groups is 1. The molecule has 0 fully saturated rings. The van der Waals surface area contributed by atoms with Crippen LogP contribution in [0.3, 0.4) is 0 Å². The van der Waals surface area contributed by atoms with Crippen molar-refractivity contribution >= 4 is 23.5 Å². The Balaban J connectivity index is 2.49. The molecule has 0 saturated heterocycles. The van der Waals surface area contributed by atoms with E-state index in [0.29, 0.717) is 5.69 Å². The van der Waals surface area contributed by atoms with E-state index in [1.54, 1.807) is 18.2 Å². The molecule has 1 aliphatic rings. The number of fused-ring (bicyclic) bond motifs is 1. The van der Waals surface area contributed by atoms with Crippen molar-refractivity contribution in [3.63, 3.8) is 0 Å². The van der Waals surface area contributed by atoms with Crippen molar-refractivity contribution in [2.24, 2.45) is 5.92 Å². The molecule has 1 amide bonds. The second-order valence-electron chi connectivity index (χ2n) is 4.62. The highest BCUT2D eigenvalue weighted by Crippen LogP contribution is 2.42. The summed E-state index contributed by atoms with van der Waals surface area (Å²) in [6.07, 6.45) is -0.471. The molecule has 0 bridgehead atoms. The standard InChI is InChI=1S/C14H15NO6/c1-20-11(16)7-9(12(17)21-2)14(19)8-5-3-4-6-10(8)15-13(14)18/h3-6,9,19H,7H2,1-2H3,(H,15,18). The molecule has 1 aromatic rings. The van der Waals surface area contributed by atoms with E-state index in [2.05, 4.69) is 14.8 Å². The molecule has 1 aliphatic heterocycles. The monoisotopic (exact) mass is 293 g/mol. The molecule has 7 heteroatoms. The fourth-order valence-corrected chi connectivity index (χ4v) is 2.40. The summed E-state index contributed by atoms with van der Waals surface area (Å²) in [6.45, 7) is 0. The van der Waals surface area contributed by atoms with E-state index in [1.807, 2.05) is 0 Å². The summed E-state index contributed by atoms with van der Waals surface area (Å²) in [5.41, 5.74) is -1.55. The van der Waals surface area contributed by atoms with Gasteiger partial charge in [-0.25, -0.2) is 0 Å². The van der Waals surface area contributed by atoms with Gasteiger partial charge in [0.25, 0.3) is 5.91 Å². The van der Waals surface area contributed by atoms with Crippen molar-refractivity contribution in [3.05, 3.63) is 29.8 Å². The first-order valence-electron chi connectivity index (χ1n) is 6.23. The highest BCUT2D eigenvalue weighted by molar-refractivity contribution is 6.07. The number of carbonyl (C=O) groups is 3. The van der Waals surface area contributed by atoms with E-state index in [9.17, 15) is 19.5 Å². The second kappa shape index (κ2) is 5.53. The average molecular weight is 293 g/mol. The van der Waals surface area contributed by atoms with Crippen LogP contribution in [0, 0.1) is 5.92 Å². The zero-order chi connectivity index (χ0) is 15.6. The normalized spacial score (nSPS) is 21.2. The van der Waals surface area contributed by atoms with Gasteiger partial charge in [-0.15, -0.1) is 0 Å². The Hall–Kier alpha value is -2.41. The van der Waals surface area contributed by atoms with Gasteiger partial charge >= 0.3 is 11.9 Å². The maximum absolute atomic E-state index is 12.2. The van der Waals surface area contributed by atoms with Crippen molar-refractivity contribution in [1.82, 2.24) is 0 Å². The summed E-state index contributed by atoms with van der Waals surface area (Å²) in [4.78, 5) is 35.6. The average Bonchev–Trinajstić information content (AvgIpc) is 2.76. The molecule has 7 nitrogen and oxygen atoms in total. The Morgan fingerprint density at radius 3 is 2.57 bits per heavy atom. The van der Waals surface area contributed by atoms with Gasteiger partial charge in [0, 0.05) is 11.3 Å². The highest BCUT2D eigenvalue weighted by atomic mass is 16.5. The number of nitrogens with one attached hydrogen (secondary N) is 1. The maximum atomic E-state index is 12.2. The first-order chi connectivity index (χ1) is 9.94. The fourth-order valence-electron chi connectivity index (χ4n) is 2.40. The lowest BCUT2D eigenvalue weighted by Crippen LogP contribution is -2.46. The molecule has 2 unspecified atom stereocenters. The molecular weight excluding hydrogens is 278 g/mol. The summed E-state index contributed by atoms with van der Waals surface area (Å²) < 4.78 is 9.13.